The number of aromatic nitrogens is 2. The van der Waals surface area contributed by atoms with E-state index in [9.17, 15) is 4.79 Å². The summed E-state index contributed by atoms with van der Waals surface area (Å²) in [4.78, 5) is 20.7. The average Bonchev–Trinajstić information content (AvgIpc) is 2.72. The minimum Gasteiger partial charge on any atom is -0.497 e. The Morgan fingerprint density at radius 2 is 1.89 bits per heavy atom. The van der Waals surface area contributed by atoms with Crippen LogP contribution in [0.1, 0.15) is 21.6 Å². The number of halogens is 1. The number of nitrogens with zero attached hydrogens (tertiary/aromatic N) is 2. The molecule has 0 unspecified atom stereocenters. The van der Waals surface area contributed by atoms with Gasteiger partial charge in [-0.3, -0.25) is 4.79 Å². The third-order valence-electron chi connectivity index (χ3n) is 4.27. The number of methoxy groups -OCH3 is 1. The fraction of sp³-hybridized carbons (Fsp3) is 0.190. The van der Waals surface area contributed by atoms with E-state index in [1.54, 1.807) is 7.11 Å². The van der Waals surface area contributed by atoms with E-state index in [0.29, 0.717) is 17.4 Å². The largest absolute Gasteiger partial charge is 0.497 e. The molecule has 2 N–H and O–H groups in total. The van der Waals surface area contributed by atoms with Gasteiger partial charge < -0.3 is 15.4 Å². The lowest BCUT2D eigenvalue weighted by Crippen LogP contribution is -2.26. The van der Waals surface area contributed by atoms with Gasteiger partial charge in [0.05, 0.1) is 19.5 Å². The first-order valence-electron chi connectivity index (χ1n) is 8.82. The molecule has 0 saturated heterocycles. The van der Waals surface area contributed by atoms with Crippen molar-refractivity contribution in [3.8, 4) is 5.75 Å². The van der Waals surface area contributed by atoms with Gasteiger partial charge in [0.15, 0.2) is 0 Å². The van der Waals surface area contributed by atoms with Crippen molar-refractivity contribution in [3.05, 3.63) is 76.7 Å². The molecule has 0 aliphatic rings. The molecule has 0 aliphatic carbocycles. The molecule has 3 rings (SSSR count). The monoisotopic (exact) mass is 396 g/mol. The van der Waals surface area contributed by atoms with Crippen LogP contribution in [0.15, 0.2) is 54.9 Å². The van der Waals surface area contributed by atoms with Gasteiger partial charge in [0.25, 0.3) is 5.91 Å². The summed E-state index contributed by atoms with van der Waals surface area (Å²) in [5.74, 6) is 1.09. The Balaban J connectivity index is 1.53. The molecule has 28 heavy (non-hydrogen) atoms. The number of nitrogens with one attached hydrogen (secondary N) is 2. The molecule has 0 saturated carbocycles. The van der Waals surface area contributed by atoms with Crippen molar-refractivity contribution in [2.45, 2.75) is 13.3 Å². The fourth-order valence-electron chi connectivity index (χ4n) is 2.59. The van der Waals surface area contributed by atoms with Gasteiger partial charge in [0, 0.05) is 17.3 Å². The van der Waals surface area contributed by atoms with Crippen LogP contribution in [0.5, 0.6) is 5.75 Å². The van der Waals surface area contributed by atoms with E-state index in [4.69, 9.17) is 16.3 Å². The number of amides is 1. The zero-order valence-electron chi connectivity index (χ0n) is 15.7. The molecule has 0 fully saturated rings. The molecule has 144 valence electrons. The van der Waals surface area contributed by atoms with Crippen LogP contribution in [0.2, 0.25) is 5.02 Å². The Hall–Kier alpha value is -3.12. The Kier molecular flexibility index (Phi) is 6.45. The third kappa shape index (κ3) is 4.98. The molecule has 3 aromatic rings. The fourth-order valence-corrected chi connectivity index (χ4v) is 2.77. The maximum atomic E-state index is 12.2. The zero-order chi connectivity index (χ0) is 19.9. The van der Waals surface area contributed by atoms with Crippen LogP contribution in [0, 0.1) is 6.92 Å². The van der Waals surface area contributed by atoms with Gasteiger partial charge in [-0.15, -0.1) is 0 Å². The Morgan fingerprint density at radius 3 is 2.57 bits per heavy atom. The van der Waals surface area contributed by atoms with Crippen molar-refractivity contribution in [3.63, 3.8) is 0 Å². The number of ether oxygens (including phenoxy) is 1. The molecule has 6 nitrogen and oxygen atoms in total. The van der Waals surface area contributed by atoms with Gasteiger partial charge in [0.1, 0.15) is 17.3 Å². The molecule has 1 heterocycles. The second-order valence-corrected chi connectivity index (χ2v) is 6.59. The SMILES string of the molecule is COc1ccc(CCNC(=O)c2cnc(Nc3cccc(Cl)c3C)cn2)cc1. The van der Waals surface area contributed by atoms with Crippen LogP contribution < -0.4 is 15.4 Å². The molecular weight excluding hydrogens is 376 g/mol. The minimum atomic E-state index is -0.258. The van der Waals surface area contributed by atoms with Crippen LogP contribution >= 0.6 is 11.6 Å². The molecule has 0 radical (unpaired) electrons. The predicted molar refractivity (Wildman–Crippen MR) is 111 cm³/mol. The molecule has 0 atom stereocenters. The quantitative estimate of drug-likeness (QED) is 0.627. The van der Waals surface area contributed by atoms with Crippen LogP contribution in [0.4, 0.5) is 11.5 Å². The van der Waals surface area contributed by atoms with Crippen molar-refractivity contribution in [1.82, 2.24) is 15.3 Å². The molecule has 2 aromatic carbocycles. The minimum absolute atomic E-state index is 0.258. The molecule has 0 spiro atoms. The van der Waals surface area contributed by atoms with Crippen molar-refractivity contribution >= 4 is 29.0 Å². The zero-order valence-corrected chi connectivity index (χ0v) is 16.5. The first kappa shape index (κ1) is 19.6. The summed E-state index contributed by atoms with van der Waals surface area (Å²) in [5, 5.41) is 6.68. The lowest BCUT2D eigenvalue weighted by atomic mass is 10.1. The maximum absolute atomic E-state index is 12.2. The van der Waals surface area contributed by atoms with Gasteiger partial charge in [-0.25, -0.2) is 9.97 Å². The second-order valence-electron chi connectivity index (χ2n) is 6.18. The van der Waals surface area contributed by atoms with E-state index >= 15 is 0 Å². The molecule has 1 amide bonds. The summed E-state index contributed by atoms with van der Waals surface area (Å²) in [6, 6.07) is 13.3. The van der Waals surface area contributed by atoms with Gasteiger partial charge in [-0.05, 0) is 48.7 Å². The number of carbonyl (C=O) groups excluding carboxylic acids is 1. The highest BCUT2D eigenvalue weighted by atomic mass is 35.5. The van der Waals surface area contributed by atoms with E-state index in [0.717, 1.165) is 29.0 Å². The number of benzene rings is 2. The van der Waals surface area contributed by atoms with Crippen molar-refractivity contribution < 1.29 is 9.53 Å². The van der Waals surface area contributed by atoms with Gasteiger partial charge >= 0.3 is 0 Å². The summed E-state index contributed by atoms with van der Waals surface area (Å²) in [5.41, 5.74) is 3.15. The summed E-state index contributed by atoms with van der Waals surface area (Å²) in [7, 11) is 1.63. The molecule has 0 bridgehead atoms. The Morgan fingerprint density at radius 1 is 1.11 bits per heavy atom. The third-order valence-corrected chi connectivity index (χ3v) is 4.68. The average molecular weight is 397 g/mol. The predicted octanol–water partition coefficient (Wildman–Crippen LogP) is 4.16. The number of hydrogen-bond acceptors (Lipinski definition) is 5. The van der Waals surface area contributed by atoms with Crippen LogP contribution in [-0.4, -0.2) is 29.5 Å². The topological polar surface area (TPSA) is 76.1 Å². The lowest BCUT2D eigenvalue weighted by Gasteiger charge is -2.10. The Bertz CT molecular complexity index is 944. The Labute approximate surface area is 168 Å². The highest BCUT2D eigenvalue weighted by molar-refractivity contribution is 6.31. The highest BCUT2D eigenvalue weighted by Gasteiger charge is 2.09. The van der Waals surface area contributed by atoms with E-state index in [1.165, 1.54) is 12.4 Å². The first-order valence-corrected chi connectivity index (χ1v) is 9.20. The molecule has 7 heteroatoms. The van der Waals surface area contributed by atoms with Crippen LogP contribution in [0.3, 0.4) is 0 Å². The number of anilines is 2. The van der Waals surface area contributed by atoms with Crippen LogP contribution in [-0.2, 0) is 6.42 Å². The van der Waals surface area contributed by atoms with Crippen molar-refractivity contribution in [2.24, 2.45) is 0 Å². The highest BCUT2D eigenvalue weighted by Crippen LogP contribution is 2.25. The van der Waals surface area contributed by atoms with E-state index < -0.39 is 0 Å². The number of rotatable bonds is 7. The van der Waals surface area contributed by atoms with E-state index in [1.807, 2.05) is 49.4 Å². The number of carbonyl (C=O) groups is 1. The summed E-state index contributed by atoms with van der Waals surface area (Å²) < 4.78 is 5.13. The summed E-state index contributed by atoms with van der Waals surface area (Å²) in [6.45, 7) is 2.43. The van der Waals surface area contributed by atoms with Gasteiger partial charge in [-0.2, -0.15) is 0 Å². The van der Waals surface area contributed by atoms with Crippen molar-refractivity contribution in [2.75, 3.05) is 19.0 Å². The van der Waals surface area contributed by atoms with Gasteiger partial charge in [0.2, 0.25) is 0 Å². The molecule has 0 aliphatic heterocycles. The molecule has 1 aromatic heterocycles. The van der Waals surface area contributed by atoms with Crippen molar-refractivity contribution in [1.29, 1.82) is 0 Å². The standard InChI is InChI=1S/C21H21ClN4O2/c1-14-17(22)4-3-5-18(14)26-20-13-24-19(12-25-20)21(27)23-11-10-15-6-8-16(28-2)9-7-15/h3-9,12-13H,10-11H2,1-2H3,(H,23,27)(H,25,26). The summed E-state index contributed by atoms with van der Waals surface area (Å²) in [6.07, 6.45) is 3.69. The maximum Gasteiger partial charge on any atom is 0.271 e. The van der Waals surface area contributed by atoms with Crippen LogP contribution in [0.25, 0.3) is 0 Å². The van der Waals surface area contributed by atoms with E-state index in [2.05, 4.69) is 20.6 Å². The van der Waals surface area contributed by atoms with Gasteiger partial charge in [-0.1, -0.05) is 29.8 Å². The number of hydrogen-bond donors (Lipinski definition) is 2. The van der Waals surface area contributed by atoms with E-state index in [-0.39, 0.29) is 11.6 Å². The first-order chi connectivity index (χ1) is 13.6. The smallest absolute Gasteiger partial charge is 0.271 e. The normalized spacial score (nSPS) is 10.4. The summed E-state index contributed by atoms with van der Waals surface area (Å²) >= 11 is 6.12. The second kappa shape index (κ2) is 9.19. The lowest BCUT2D eigenvalue weighted by molar-refractivity contribution is 0.0949. The molecular formula is C21H21ClN4O2.